The molecule has 0 aliphatic heterocycles. The Hall–Kier alpha value is 0.270. The molecule has 0 radical (unpaired) electrons. The Kier molecular flexibility index (Phi) is 5.14. The molecule has 0 amide bonds. The summed E-state index contributed by atoms with van der Waals surface area (Å²) in [5.74, 6) is 0. The minimum absolute atomic E-state index is 0.0153. The number of methoxy groups -OCH3 is 1. The van der Waals surface area contributed by atoms with Crippen molar-refractivity contribution < 1.29 is 4.74 Å². The van der Waals surface area contributed by atoms with Crippen LogP contribution in [0.4, 0.5) is 0 Å². The topological polar surface area (TPSA) is 21.3 Å². The smallest absolute Gasteiger partial charge is 0.0637 e. The van der Waals surface area contributed by atoms with Crippen molar-refractivity contribution in [3.8, 4) is 0 Å². The van der Waals surface area contributed by atoms with Crippen LogP contribution in [0, 0.1) is 0 Å². The molecule has 0 spiro atoms. The summed E-state index contributed by atoms with van der Waals surface area (Å²) < 4.78 is 5.99. The van der Waals surface area contributed by atoms with Crippen LogP contribution in [0.5, 0.6) is 0 Å². The molecule has 0 aromatic carbocycles. The Balaban J connectivity index is 2.27. The molecule has 1 atom stereocenters. The van der Waals surface area contributed by atoms with Gasteiger partial charge in [0.15, 0.2) is 0 Å². The summed E-state index contributed by atoms with van der Waals surface area (Å²) in [4.78, 5) is 0. The highest BCUT2D eigenvalue weighted by Crippen LogP contribution is 2.42. The largest absolute Gasteiger partial charge is 0.379 e. The summed E-state index contributed by atoms with van der Waals surface area (Å²) in [6.45, 7) is 7.71. The van der Waals surface area contributed by atoms with E-state index in [0.29, 0.717) is 10.8 Å². The summed E-state index contributed by atoms with van der Waals surface area (Å²) in [7, 11) is 1.79. The van der Waals surface area contributed by atoms with E-state index in [1.165, 1.54) is 19.3 Å². The predicted molar refractivity (Wildman–Crippen MR) is 73.3 cm³/mol. The molecule has 0 heterocycles. The van der Waals surface area contributed by atoms with E-state index < -0.39 is 0 Å². The lowest BCUT2D eigenvalue weighted by Gasteiger charge is -2.41. The van der Waals surface area contributed by atoms with Crippen molar-refractivity contribution in [2.75, 3.05) is 19.9 Å². The van der Waals surface area contributed by atoms with Crippen LogP contribution < -0.4 is 5.32 Å². The van der Waals surface area contributed by atoms with Gasteiger partial charge in [0.1, 0.15) is 0 Å². The minimum Gasteiger partial charge on any atom is -0.379 e. The van der Waals surface area contributed by atoms with Gasteiger partial charge in [0.25, 0.3) is 0 Å². The highest BCUT2D eigenvalue weighted by Gasteiger charge is 2.36. The van der Waals surface area contributed by atoms with Gasteiger partial charge in [-0.25, -0.2) is 0 Å². The van der Waals surface area contributed by atoms with E-state index in [2.05, 4.69) is 32.3 Å². The van der Waals surface area contributed by atoms with Gasteiger partial charge in [-0.15, -0.1) is 0 Å². The van der Waals surface area contributed by atoms with Crippen LogP contribution >= 0.6 is 11.8 Å². The number of ether oxygens (including phenoxy) is 1. The molecule has 1 aliphatic rings. The first kappa shape index (κ1) is 14.3. The molecule has 0 aromatic heterocycles. The lowest BCUT2D eigenvalue weighted by Crippen LogP contribution is -2.47. The summed E-state index contributed by atoms with van der Waals surface area (Å²) in [6, 6.07) is 0.527. The molecule has 0 bridgehead atoms. The standard InChI is InChI=1S/C13H27NOS/c1-11(9-12(2,3)15-4)14-10-13(16-5)7-6-8-13/h11,14H,6-10H2,1-5H3. The van der Waals surface area contributed by atoms with Crippen LogP contribution in [0.2, 0.25) is 0 Å². The van der Waals surface area contributed by atoms with Crippen molar-refractivity contribution in [1.29, 1.82) is 0 Å². The number of hydrogen-bond donors (Lipinski definition) is 1. The molecule has 2 nitrogen and oxygen atoms in total. The van der Waals surface area contributed by atoms with Gasteiger partial charge >= 0.3 is 0 Å². The first-order valence-corrected chi connectivity index (χ1v) is 7.49. The summed E-state index contributed by atoms with van der Waals surface area (Å²) >= 11 is 2.03. The van der Waals surface area contributed by atoms with E-state index in [-0.39, 0.29) is 5.60 Å². The zero-order valence-corrected chi connectivity index (χ0v) is 12.2. The molecule has 1 rings (SSSR count). The van der Waals surface area contributed by atoms with Crippen molar-refractivity contribution in [1.82, 2.24) is 5.32 Å². The van der Waals surface area contributed by atoms with Crippen molar-refractivity contribution in [2.45, 2.75) is 62.8 Å². The van der Waals surface area contributed by atoms with Crippen LogP contribution in [0.3, 0.4) is 0 Å². The van der Waals surface area contributed by atoms with Crippen LogP contribution in [-0.4, -0.2) is 36.3 Å². The normalized spacial score (nSPS) is 21.6. The third kappa shape index (κ3) is 3.94. The fourth-order valence-corrected chi connectivity index (χ4v) is 3.20. The molecular formula is C13H27NOS. The molecule has 1 saturated carbocycles. The average Bonchev–Trinajstić information content (AvgIpc) is 2.16. The highest BCUT2D eigenvalue weighted by molar-refractivity contribution is 8.00. The Morgan fingerprint density at radius 2 is 2.06 bits per heavy atom. The maximum Gasteiger partial charge on any atom is 0.0637 e. The minimum atomic E-state index is -0.0153. The first-order valence-electron chi connectivity index (χ1n) is 6.27. The summed E-state index contributed by atoms with van der Waals surface area (Å²) in [5.41, 5.74) is -0.0153. The van der Waals surface area contributed by atoms with Crippen molar-refractivity contribution in [3.63, 3.8) is 0 Å². The fourth-order valence-electron chi connectivity index (χ4n) is 2.28. The molecule has 1 N–H and O–H groups in total. The van der Waals surface area contributed by atoms with Gasteiger partial charge in [0.2, 0.25) is 0 Å². The molecule has 16 heavy (non-hydrogen) atoms. The number of hydrogen-bond acceptors (Lipinski definition) is 3. The van der Waals surface area contributed by atoms with Crippen LogP contribution in [0.25, 0.3) is 0 Å². The van der Waals surface area contributed by atoms with E-state index in [9.17, 15) is 0 Å². The third-order valence-corrected chi connectivity index (χ3v) is 5.24. The Bertz CT molecular complexity index is 208. The van der Waals surface area contributed by atoms with E-state index in [4.69, 9.17) is 4.74 Å². The van der Waals surface area contributed by atoms with Gasteiger partial charge in [-0.1, -0.05) is 6.42 Å². The second-order valence-corrected chi connectivity index (χ2v) is 6.96. The van der Waals surface area contributed by atoms with E-state index >= 15 is 0 Å². The van der Waals surface area contributed by atoms with Crippen molar-refractivity contribution >= 4 is 11.8 Å². The third-order valence-electron chi connectivity index (χ3n) is 3.82. The van der Waals surface area contributed by atoms with Crippen LogP contribution in [-0.2, 0) is 4.74 Å². The molecule has 0 aromatic rings. The second-order valence-electron chi connectivity index (χ2n) is 5.69. The van der Waals surface area contributed by atoms with Crippen LogP contribution in [0.15, 0.2) is 0 Å². The molecule has 0 saturated heterocycles. The van der Waals surface area contributed by atoms with Gasteiger partial charge < -0.3 is 10.1 Å². The molecule has 1 fully saturated rings. The Labute approximate surface area is 105 Å². The van der Waals surface area contributed by atoms with Gasteiger partial charge in [-0.3, -0.25) is 0 Å². The predicted octanol–water partition coefficient (Wildman–Crippen LogP) is 3.07. The quantitative estimate of drug-likeness (QED) is 0.745. The van der Waals surface area contributed by atoms with E-state index in [1.54, 1.807) is 7.11 Å². The molecule has 1 aliphatic carbocycles. The monoisotopic (exact) mass is 245 g/mol. The molecule has 3 heteroatoms. The SMILES string of the molecule is COC(C)(C)CC(C)NCC1(SC)CCC1. The fraction of sp³-hybridized carbons (Fsp3) is 1.00. The lowest BCUT2D eigenvalue weighted by molar-refractivity contribution is 0.00822. The molecule has 1 unspecified atom stereocenters. The number of thioether (sulfide) groups is 1. The van der Waals surface area contributed by atoms with E-state index in [0.717, 1.165) is 13.0 Å². The maximum atomic E-state index is 5.46. The average molecular weight is 245 g/mol. The molecule has 96 valence electrons. The van der Waals surface area contributed by atoms with Crippen molar-refractivity contribution in [2.24, 2.45) is 0 Å². The van der Waals surface area contributed by atoms with Crippen LogP contribution in [0.1, 0.15) is 46.5 Å². The zero-order chi connectivity index (χ0) is 12.2. The summed E-state index contributed by atoms with van der Waals surface area (Å²) in [6.07, 6.45) is 7.46. The Morgan fingerprint density at radius 1 is 1.44 bits per heavy atom. The molecular weight excluding hydrogens is 218 g/mol. The lowest BCUT2D eigenvalue weighted by atomic mass is 9.84. The zero-order valence-electron chi connectivity index (χ0n) is 11.4. The first-order chi connectivity index (χ1) is 7.43. The highest BCUT2D eigenvalue weighted by atomic mass is 32.2. The van der Waals surface area contributed by atoms with E-state index in [1.807, 2.05) is 11.8 Å². The van der Waals surface area contributed by atoms with Gasteiger partial charge in [0, 0.05) is 24.4 Å². The number of nitrogens with one attached hydrogen (secondary N) is 1. The second kappa shape index (κ2) is 5.74. The van der Waals surface area contributed by atoms with Gasteiger partial charge in [-0.2, -0.15) is 11.8 Å². The van der Waals surface area contributed by atoms with Gasteiger partial charge in [-0.05, 0) is 46.3 Å². The Morgan fingerprint density at radius 3 is 2.44 bits per heavy atom. The maximum absolute atomic E-state index is 5.46. The van der Waals surface area contributed by atoms with Gasteiger partial charge in [0.05, 0.1) is 5.60 Å². The van der Waals surface area contributed by atoms with Crippen molar-refractivity contribution in [3.05, 3.63) is 0 Å². The summed E-state index contributed by atoms with van der Waals surface area (Å²) in [5, 5.41) is 3.67. The number of rotatable bonds is 7.